The maximum Gasteiger partial charge on any atom is 0.172 e. The summed E-state index contributed by atoms with van der Waals surface area (Å²) in [6.07, 6.45) is 0. The SMILES string of the molecule is O=P1(c2ccccc2)c2ccccc2-c2cc3c(cc21)c1ccccc1n3-c1ccc(-c2nc(-c3ccccc3)cc(-c3ccccc3)n2)cc1. The minimum atomic E-state index is -3.06. The molecule has 0 amide bonds. The first kappa shape index (κ1) is 29.6. The molecule has 4 nitrogen and oxygen atoms in total. The molecular formula is C46H30N3OP. The van der Waals surface area contributed by atoms with Gasteiger partial charge in [0.05, 0.1) is 22.4 Å². The van der Waals surface area contributed by atoms with E-state index in [1.165, 1.54) is 0 Å². The van der Waals surface area contributed by atoms with Crippen LogP contribution in [-0.2, 0) is 4.57 Å². The summed E-state index contributed by atoms with van der Waals surface area (Å²) in [7, 11) is -3.06. The quantitative estimate of drug-likeness (QED) is 0.171. The molecule has 0 fully saturated rings. The molecule has 0 saturated carbocycles. The number of aromatic nitrogens is 3. The standard InChI is InChI=1S/C46H30N3OP/c50-51(35-18-8-3-9-19-35)44-23-13-11-21-37(44)39-28-43-38(29-45(39)51)36-20-10-12-22-42(36)49(43)34-26-24-33(25-27-34)46-47-40(31-14-4-1-5-15-31)30-41(48-46)32-16-6-2-7-17-32/h1-30H. The predicted octanol–water partition coefficient (Wildman–Crippen LogP) is 10.2. The number of hydrogen-bond acceptors (Lipinski definition) is 3. The van der Waals surface area contributed by atoms with Crippen LogP contribution in [-0.4, -0.2) is 14.5 Å². The molecule has 1 unspecified atom stereocenters. The van der Waals surface area contributed by atoms with Crippen molar-refractivity contribution in [3.63, 3.8) is 0 Å². The van der Waals surface area contributed by atoms with Gasteiger partial charge in [0.15, 0.2) is 13.0 Å². The van der Waals surface area contributed by atoms with Crippen molar-refractivity contribution >= 4 is 44.9 Å². The van der Waals surface area contributed by atoms with E-state index >= 15 is 4.57 Å². The molecule has 7 aromatic carbocycles. The van der Waals surface area contributed by atoms with Crippen LogP contribution >= 0.6 is 7.14 Å². The summed E-state index contributed by atoms with van der Waals surface area (Å²) in [6.45, 7) is 0. The Kier molecular flexibility index (Phi) is 6.74. The molecule has 0 N–H and O–H groups in total. The second-order valence-corrected chi connectivity index (χ2v) is 15.6. The number of fused-ring (bicyclic) bond motifs is 6. The van der Waals surface area contributed by atoms with Crippen LogP contribution in [0, 0.1) is 0 Å². The smallest absolute Gasteiger partial charge is 0.172 e. The molecule has 51 heavy (non-hydrogen) atoms. The fraction of sp³-hybridized carbons (Fsp3) is 0. The summed E-state index contributed by atoms with van der Waals surface area (Å²) in [4.78, 5) is 10.1. The normalized spacial score (nSPS) is 14.8. The van der Waals surface area contributed by atoms with Crippen molar-refractivity contribution in [3.05, 3.63) is 182 Å². The summed E-state index contributed by atoms with van der Waals surface area (Å²) in [5.41, 5.74) is 10.1. The van der Waals surface area contributed by atoms with Crippen LogP contribution in [0.2, 0.25) is 0 Å². The van der Waals surface area contributed by atoms with Crippen molar-refractivity contribution in [2.45, 2.75) is 0 Å². The molecule has 3 heterocycles. The second-order valence-electron chi connectivity index (χ2n) is 12.9. The molecule has 1 aliphatic heterocycles. The fourth-order valence-corrected chi connectivity index (χ4v) is 10.7. The minimum Gasteiger partial charge on any atom is -0.309 e. The van der Waals surface area contributed by atoms with Gasteiger partial charge >= 0.3 is 0 Å². The van der Waals surface area contributed by atoms with E-state index in [4.69, 9.17) is 9.97 Å². The molecule has 1 aliphatic rings. The average Bonchev–Trinajstić information content (AvgIpc) is 3.67. The molecule has 0 aliphatic carbocycles. The zero-order valence-corrected chi connectivity index (χ0v) is 28.4. The first-order valence-electron chi connectivity index (χ1n) is 17.1. The van der Waals surface area contributed by atoms with Gasteiger partial charge in [-0.25, -0.2) is 9.97 Å². The van der Waals surface area contributed by atoms with E-state index in [9.17, 15) is 0 Å². The predicted molar refractivity (Wildman–Crippen MR) is 211 cm³/mol. The van der Waals surface area contributed by atoms with Gasteiger partial charge in [-0.05, 0) is 59.7 Å². The number of rotatable bonds is 5. The topological polar surface area (TPSA) is 47.8 Å². The molecule has 9 aromatic rings. The Bertz CT molecular complexity index is 2750. The second kappa shape index (κ2) is 11.6. The number of para-hydroxylation sites is 1. The lowest BCUT2D eigenvalue weighted by Gasteiger charge is -2.16. The van der Waals surface area contributed by atoms with Crippen molar-refractivity contribution < 1.29 is 4.57 Å². The number of hydrogen-bond donors (Lipinski definition) is 0. The van der Waals surface area contributed by atoms with Crippen molar-refractivity contribution in [2.24, 2.45) is 0 Å². The average molecular weight is 672 g/mol. The van der Waals surface area contributed by atoms with Gasteiger partial charge in [-0.15, -0.1) is 0 Å². The lowest BCUT2D eigenvalue weighted by atomic mass is 10.0. The summed E-state index contributed by atoms with van der Waals surface area (Å²) >= 11 is 0. The molecule has 0 spiro atoms. The molecular weight excluding hydrogens is 642 g/mol. The van der Waals surface area contributed by atoms with Crippen LogP contribution in [0.5, 0.6) is 0 Å². The van der Waals surface area contributed by atoms with E-state index in [1.807, 2.05) is 84.9 Å². The maximum atomic E-state index is 15.3. The Hall–Kier alpha value is -6.35. The van der Waals surface area contributed by atoms with Crippen LogP contribution in [0.4, 0.5) is 0 Å². The van der Waals surface area contributed by atoms with Crippen LogP contribution in [0.3, 0.4) is 0 Å². The highest BCUT2D eigenvalue weighted by Crippen LogP contribution is 2.53. The minimum absolute atomic E-state index is 0.676. The molecule has 240 valence electrons. The summed E-state index contributed by atoms with van der Waals surface area (Å²) in [6, 6.07) is 62.2. The van der Waals surface area contributed by atoms with E-state index in [-0.39, 0.29) is 0 Å². The van der Waals surface area contributed by atoms with Gasteiger partial charge in [-0.2, -0.15) is 0 Å². The molecule has 10 rings (SSSR count). The van der Waals surface area contributed by atoms with Gasteiger partial charge in [-0.3, -0.25) is 0 Å². The third-order valence-electron chi connectivity index (χ3n) is 10.0. The van der Waals surface area contributed by atoms with E-state index in [0.29, 0.717) is 5.82 Å². The zero-order chi connectivity index (χ0) is 33.9. The largest absolute Gasteiger partial charge is 0.309 e. The molecule has 0 radical (unpaired) electrons. The monoisotopic (exact) mass is 671 g/mol. The van der Waals surface area contributed by atoms with Gasteiger partial charge in [0.2, 0.25) is 0 Å². The first-order valence-corrected chi connectivity index (χ1v) is 18.8. The Labute approximate surface area is 295 Å². The van der Waals surface area contributed by atoms with Crippen molar-refractivity contribution in [3.8, 4) is 50.7 Å². The van der Waals surface area contributed by atoms with E-state index in [0.717, 1.165) is 82.6 Å². The van der Waals surface area contributed by atoms with E-state index in [1.54, 1.807) is 0 Å². The van der Waals surface area contributed by atoms with E-state index < -0.39 is 7.14 Å². The van der Waals surface area contributed by atoms with Gasteiger partial charge in [-0.1, -0.05) is 133 Å². The highest BCUT2D eigenvalue weighted by atomic mass is 31.2. The number of benzene rings is 7. The Balaban J connectivity index is 1.14. The zero-order valence-electron chi connectivity index (χ0n) is 27.5. The highest BCUT2D eigenvalue weighted by Gasteiger charge is 2.40. The van der Waals surface area contributed by atoms with Crippen LogP contribution in [0.25, 0.3) is 72.5 Å². The third-order valence-corrected chi connectivity index (χ3v) is 13.2. The van der Waals surface area contributed by atoms with Gasteiger partial charge in [0.1, 0.15) is 0 Å². The molecule has 2 aromatic heterocycles. The van der Waals surface area contributed by atoms with Crippen LogP contribution in [0.1, 0.15) is 0 Å². The van der Waals surface area contributed by atoms with Crippen molar-refractivity contribution in [1.29, 1.82) is 0 Å². The summed E-state index contributed by atoms with van der Waals surface area (Å²) in [5, 5.41) is 4.89. The Morgan fingerprint density at radius 3 is 1.71 bits per heavy atom. The van der Waals surface area contributed by atoms with Crippen LogP contribution in [0.15, 0.2) is 182 Å². The van der Waals surface area contributed by atoms with Crippen LogP contribution < -0.4 is 15.9 Å². The molecule has 5 heteroatoms. The van der Waals surface area contributed by atoms with Crippen molar-refractivity contribution in [2.75, 3.05) is 0 Å². The number of nitrogens with zero attached hydrogens (tertiary/aromatic N) is 3. The van der Waals surface area contributed by atoms with E-state index in [2.05, 4.69) is 102 Å². The summed E-state index contributed by atoms with van der Waals surface area (Å²) < 4.78 is 17.6. The maximum absolute atomic E-state index is 15.3. The lowest BCUT2D eigenvalue weighted by Crippen LogP contribution is -2.20. The van der Waals surface area contributed by atoms with Gasteiger partial charge < -0.3 is 9.13 Å². The lowest BCUT2D eigenvalue weighted by molar-refractivity contribution is 0.593. The third kappa shape index (κ3) is 4.65. The van der Waals surface area contributed by atoms with Gasteiger partial charge in [0.25, 0.3) is 0 Å². The Morgan fingerprint density at radius 2 is 1.02 bits per heavy atom. The molecule has 0 saturated heterocycles. The first-order chi connectivity index (χ1) is 25.2. The van der Waals surface area contributed by atoms with Crippen molar-refractivity contribution in [1.82, 2.24) is 14.5 Å². The molecule has 1 atom stereocenters. The highest BCUT2D eigenvalue weighted by molar-refractivity contribution is 7.86. The summed E-state index contributed by atoms with van der Waals surface area (Å²) in [5.74, 6) is 0.676. The van der Waals surface area contributed by atoms with Gasteiger partial charge in [0, 0.05) is 49.1 Å². The fourth-order valence-electron chi connectivity index (χ4n) is 7.63. The molecule has 0 bridgehead atoms. The Morgan fingerprint density at radius 1 is 0.431 bits per heavy atom.